The molecule has 2 aromatic carbocycles. The first-order valence-corrected chi connectivity index (χ1v) is 9.84. The van der Waals surface area contributed by atoms with Crippen LogP contribution >= 0.6 is 0 Å². The van der Waals surface area contributed by atoms with Crippen LogP contribution in [-0.2, 0) is 15.0 Å². The molecule has 0 saturated carbocycles. The van der Waals surface area contributed by atoms with Gasteiger partial charge in [0.1, 0.15) is 0 Å². The topological polar surface area (TPSA) is 0 Å². The molecule has 0 unspecified atom stereocenters. The molecular formula is C24H22Fe. The summed E-state index contributed by atoms with van der Waals surface area (Å²) in [4.78, 5) is 0. The molecule has 0 bridgehead atoms. The van der Waals surface area contributed by atoms with Crippen LogP contribution in [0.1, 0.15) is 35.1 Å². The van der Waals surface area contributed by atoms with Gasteiger partial charge in [0.15, 0.2) is 0 Å². The van der Waals surface area contributed by atoms with Crippen molar-refractivity contribution in [2.24, 2.45) is 0 Å². The second kappa shape index (κ2) is 7.04. The van der Waals surface area contributed by atoms with E-state index in [0.717, 1.165) is 27.8 Å². The third-order valence-electron chi connectivity index (χ3n) is 4.64. The van der Waals surface area contributed by atoms with E-state index in [4.69, 9.17) is 0 Å². The van der Waals surface area contributed by atoms with Gasteiger partial charge in [0.2, 0.25) is 0 Å². The van der Waals surface area contributed by atoms with Crippen LogP contribution < -0.4 is 0 Å². The van der Waals surface area contributed by atoms with Crippen molar-refractivity contribution < 1.29 is 15.0 Å². The Hall–Kier alpha value is -2.08. The first kappa shape index (κ1) is 16.4. The number of aryl methyl sites for hydroxylation is 2. The number of hydrogen-bond acceptors (Lipinski definition) is 0. The van der Waals surface area contributed by atoms with Gasteiger partial charge in [-0.3, -0.25) is 0 Å². The van der Waals surface area contributed by atoms with Crippen molar-refractivity contribution in [1.29, 1.82) is 0 Å². The van der Waals surface area contributed by atoms with E-state index in [2.05, 4.69) is 86.7 Å². The SMILES string of the molecule is Cc1cccc(C2=CC=[C]([Fe][C]3=CC=C(c4cccc(C)c4)C3)C2)c1. The van der Waals surface area contributed by atoms with Crippen LogP contribution in [0.25, 0.3) is 11.1 Å². The van der Waals surface area contributed by atoms with Crippen molar-refractivity contribution in [3.63, 3.8) is 0 Å². The van der Waals surface area contributed by atoms with E-state index in [1.807, 2.05) is 0 Å². The van der Waals surface area contributed by atoms with Crippen molar-refractivity contribution in [3.8, 4) is 0 Å². The van der Waals surface area contributed by atoms with Gasteiger partial charge in [0.25, 0.3) is 0 Å². The van der Waals surface area contributed by atoms with E-state index >= 15 is 0 Å². The number of benzene rings is 2. The van der Waals surface area contributed by atoms with Gasteiger partial charge in [-0.1, -0.05) is 0 Å². The molecule has 4 rings (SSSR count). The van der Waals surface area contributed by atoms with Crippen LogP contribution in [0.4, 0.5) is 0 Å². The first-order valence-electron chi connectivity index (χ1n) is 8.73. The maximum atomic E-state index is 2.32. The van der Waals surface area contributed by atoms with Crippen molar-refractivity contribution in [1.82, 2.24) is 0 Å². The van der Waals surface area contributed by atoms with Crippen molar-refractivity contribution in [2.75, 3.05) is 0 Å². The van der Waals surface area contributed by atoms with Gasteiger partial charge >= 0.3 is 157 Å². The monoisotopic (exact) mass is 366 g/mol. The third kappa shape index (κ3) is 3.79. The van der Waals surface area contributed by atoms with Crippen molar-refractivity contribution in [3.05, 3.63) is 104 Å². The molecular weight excluding hydrogens is 344 g/mol. The molecule has 25 heavy (non-hydrogen) atoms. The molecule has 2 aromatic rings. The van der Waals surface area contributed by atoms with Gasteiger partial charge in [0.05, 0.1) is 0 Å². The Morgan fingerprint density at radius 3 is 1.56 bits per heavy atom. The molecule has 0 aromatic heterocycles. The molecule has 2 aliphatic rings. The summed E-state index contributed by atoms with van der Waals surface area (Å²) < 4.78 is 3.06. The summed E-state index contributed by atoms with van der Waals surface area (Å²) in [6.45, 7) is 4.32. The van der Waals surface area contributed by atoms with Crippen LogP contribution in [0.15, 0.2) is 81.8 Å². The fourth-order valence-electron chi connectivity index (χ4n) is 3.32. The van der Waals surface area contributed by atoms with E-state index in [9.17, 15) is 0 Å². The van der Waals surface area contributed by atoms with Gasteiger partial charge in [-0.05, 0) is 0 Å². The van der Waals surface area contributed by atoms with E-state index in [-0.39, 0.29) is 0 Å². The second-order valence-electron chi connectivity index (χ2n) is 6.76. The summed E-state index contributed by atoms with van der Waals surface area (Å²) >= 11 is 1.09. The zero-order valence-electron chi connectivity index (χ0n) is 14.7. The minimum absolute atomic E-state index is 1.08. The Morgan fingerprint density at radius 1 is 0.640 bits per heavy atom. The van der Waals surface area contributed by atoms with Crippen molar-refractivity contribution >= 4 is 11.1 Å². The molecule has 0 fully saturated rings. The molecule has 1 heteroatoms. The third-order valence-corrected chi connectivity index (χ3v) is 6.10. The van der Waals surface area contributed by atoms with Gasteiger partial charge in [-0.25, -0.2) is 0 Å². The minimum atomic E-state index is 1.08. The Bertz CT molecular complexity index is 861. The molecule has 0 N–H and O–H groups in total. The Balaban J connectivity index is 1.36. The Morgan fingerprint density at radius 2 is 1.12 bits per heavy atom. The van der Waals surface area contributed by atoms with E-state index in [1.54, 1.807) is 0 Å². The molecule has 0 saturated heterocycles. The van der Waals surface area contributed by atoms with Crippen molar-refractivity contribution in [2.45, 2.75) is 26.7 Å². The average Bonchev–Trinajstić information content (AvgIpc) is 3.25. The molecule has 2 aliphatic carbocycles. The fourth-order valence-corrected chi connectivity index (χ4v) is 4.76. The van der Waals surface area contributed by atoms with Gasteiger partial charge in [-0.15, -0.1) is 0 Å². The second-order valence-corrected chi connectivity index (χ2v) is 8.45. The zero-order valence-corrected chi connectivity index (χ0v) is 15.8. The number of allylic oxidation sites excluding steroid dienone is 8. The van der Waals surface area contributed by atoms with Crippen LogP contribution in [-0.4, -0.2) is 0 Å². The molecule has 0 radical (unpaired) electrons. The summed E-state index contributed by atoms with van der Waals surface area (Å²) in [6.07, 6.45) is 11.4. The summed E-state index contributed by atoms with van der Waals surface area (Å²) in [5.74, 6) is 0. The van der Waals surface area contributed by atoms with Crippen LogP contribution in [0.2, 0.25) is 0 Å². The summed E-state index contributed by atoms with van der Waals surface area (Å²) in [5, 5.41) is 0. The predicted octanol–water partition coefficient (Wildman–Crippen LogP) is 6.43. The molecule has 0 spiro atoms. The van der Waals surface area contributed by atoms with Crippen LogP contribution in [0.5, 0.6) is 0 Å². The van der Waals surface area contributed by atoms with Crippen LogP contribution in [0.3, 0.4) is 0 Å². The van der Waals surface area contributed by atoms with E-state index < -0.39 is 0 Å². The first-order chi connectivity index (χ1) is 12.2. The van der Waals surface area contributed by atoms with E-state index in [0.29, 0.717) is 0 Å². The van der Waals surface area contributed by atoms with Crippen LogP contribution in [0, 0.1) is 13.8 Å². The predicted molar refractivity (Wildman–Crippen MR) is 104 cm³/mol. The summed E-state index contributed by atoms with van der Waals surface area (Å²) in [6, 6.07) is 17.7. The average molecular weight is 366 g/mol. The van der Waals surface area contributed by atoms with Gasteiger partial charge in [-0.2, -0.15) is 0 Å². The molecule has 0 atom stereocenters. The molecule has 126 valence electrons. The molecule has 0 aliphatic heterocycles. The number of rotatable bonds is 4. The van der Waals surface area contributed by atoms with E-state index in [1.165, 1.54) is 42.3 Å². The fraction of sp³-hybridized carbons (Fsp3) is 0.167. The molecule has 0 nitrogen and oxygen atoms in total. The Kier molecular flexibility index (Phi) is 4.61. The standard InChI is InChI=1S/2C12H11.Fe/c2*1-10-5-4-8-12(9-10)11-6-2-3-7-11;/h2*2,4-6,8-9H,7H2,1H3;. The quantitative estimate of drug-likeness (QED) is 0.547. The molecule has 0 amide bonds. The Labute approximate surface area is 156 Å². The van der Waals surface area contributed by atoms with Gasteiger partial charge < -0.3 is 0 Å². The molecule has 0 heterocycles. The van der Waals surface area contributed by atoms with Gasteiger partial charge in [0, 0.05) is 0 Å². The maximum absolute atomic E-state index is 2.32. The normalized spacial score (nSPS) is 16.6. The number of hydrogen-bond donors (Lipinski definition) is 0. The summed E-state index contributed by atoms with van der Waals surface area (Å²) in [7, 11) is 0. The zero-order chi connectivity index (χ0) is 17.2. The summed E-state index contributed by atoms with van der Waals surface area (Å²) in [5.41, 5.74) is 8.29.